The van der Waals surface area contributed by atoms with Gasteiger partial charge >= 0.3 is 0 Å². The molecule has 1 unspecified atom stereocenters. The molecule has 1 atom stereocenters. The molecule has 1 aliphatic heterocycles. The quantitative estimate of drug-likeness (QED) is 0.748. The molecule has 1 aromatic heterocycles. The summed E-state index contributed by atoms with van der Waals surface area (Å²) in [4.78, 5) is 25.6. The third kappa shape index (κ3) is 2.37. The molecule has 1 saturated carbocycles. The van der Waals surface area contributed by atoms with E-state index in [1.54, 1.807) is 0 Å². The second kappa shape index (κ2) is 4.61. The predicted molar refractivity (Wildman–Crippen MR) is 69.2 cm³/mol. The van der Waals surface area contributed by atoms with Gasteiger partial charge in [-0.1, -0.05) is 0 Å². The van der Waals surface area contributed by atoms with Crippen LogP contribution < -0.4 is 15.3 Å². The molecule has 102 valence electrons. The average molecular weight is 280 g/mol. The lowest BCUT2D eigenvalue weighted by molar-refractivity contribution is -0.895. The third-order valence-corrected chi connectivity index (χ3v) is 4.89. The van der Waals surface area contributed by atoms with Crippen LogP contribution in [-0.2, 0) is 17.8 Å². The third-order valence-electron chi connectivity index (χ3n) is 3.74. The van der Waals surface area contributed by atoms with Gasteiger partial charge in [0, 0.05) is 17.9 Å². The van der Waals surface area contributed by atoms with Crippen molar-refractivity contribution in [1.82, 2.24) is 0 Å². The molecule has 1 fully saturated rings. The average Bonchev–Trinajstić information content (AvgIpc) is 3.11. The Balaban J connectivity index is 1.93. The zero-order valence-electron chi connectivity index (χ0n) is 10.7. The Bertz CT molecular complexity index is 548. The van der Waals surface area contributed by atoms with Crippen molar-refractivity contribution in [3.05, 3.63) is 16.0 Å². The molecule has 1 aliphatic carbocycles. The van der Waals surface area contributed by atoms with E-state index in [0.717, 1.165) is 42.8 Å². The highest BCUT2D eigenvalue weighted by atomic mass is 32.1. The van der Waals surface area contributed by atoms with Gasteiger partial charge in [0.05, 0.1) is 24.4 Å². The molecule has 6 heteroatoms. The van der Waals surface area contributed by atoms with Crippen molar-refractivity contribution < 1.29 is 19.6 Å². The number of carbonyl (C=O) groups is 2. The summed E-state index contributed by atoms with van der Waals surface area (Å²) in [5, 5.41) is 14.6. The molecule has 2 aliphatic rings. The van der Waals surface area contributed by atoms with E-state index >= 15 is 0 Å². The minimum Gasteiger partial charge on any atom is -0.545 e. The van der Waals surface area contributed by atoms with Crippen molar-refractivity contribution in [3.63, 3.8) is 0 Å². The van der Waals surface area contributed by atoms with Gasteiger partial charge in [-0.3, -0.25) is 4.79 Å². The van der Waals surface area contributed by atoms with Crippen molar-refractivity contribution in [3.8, 4) is 0 Å². The van der Waals surface area contributed by atoms with Crippen molar-refractivity contribution in [2.24, 2.45) is 5.92 Å². The number of aromatic carboxylic acids is 1. The molecular formula is C13H16N2O3S. The first-order valence-electron chi connectivity index (χ1n) is 6.54. The van der Waals surface area contributed by atoms with E-state index in [1.807, 2.05) is 0 Å². The molecular weight excluding hydrogens is 264 g/mol. The summed E-state index contributed by atoms with van der Waals surface area (Å²) < 4.78 is 0. The largest absolute Gasteiger partial charge is 0.545 e. The van der Waals surface area contributed by atoms with E-state index in [-0.39, 0.29) is 17.4 Å². The molecule has 1 aromatic rings. The summed E-state index contributed by atoms with van der Waals surface area (Å²) in [5.41, 5.74) is 1.07. The van der Waals surface area contributed by atoms with Gasteiger partial charge < -0.3 is 20.1 Å². The lowest BCUT2D eigenvalue weighted by Crippen LogP contribution is -3.08. The zero-order valence-corrected chi connectivity index (χ0v) is 11.6. The van der Waals surface area contributed by atoms with Crippen molar-refractivity contribution >= 4 is 28.2 Å². The van der Waals surface area contributed by atoms with Crippen LogP contribution in [0.2, 0.25) is 0 Å². The standard InChI is InChI=1S/C13H16N2O3S/c1-15-5-4-8-9(6-15)19-12(10(8)13(17)18)14-11(16)7-2-3-7/h7H,2-6H2,1H3,(H,14,16)(H,17,18). The molecule has 5 nitrogen and oxygen atoms in total. The second-order valence-electron chi connectivity index (χ2n) is 5.39. The second-order valence-corrected chi connectivity index (χ2v) is 6.50. The first kappa shape index (κ1) is 12.6. The molecule has 2 heterocycles. The Morgan fingerprint density at radius 1 is 1.42 bits per heavy atom. The number of quaternary nitrogens is 1. The molecule has 1 amide bonds. The number of rotatable bonds is 3. The summed E-state index contributed by atoms with van der Waals surface area (Å²) in [6.07, 6.45) is 2.55. The number of fused-ring (bicyclic) bond motifs is 1. The number of carboxylic acids is 1. The van der Waals surface area contributed by atoms with Crippen molar-refractivity contribution in [2.75, 3.05) is 18.9 Å². The topological polar surface area (TPSA) is 73.7 Å². The highest BCUT2D eigenvalue weighted by Gasteiger charge is 2.32. The summed E-state index contributed by atoms with van der Waals surface area (Å²) in [6, 6.07) is 0. The fraction of sp³-hybridized carbons (Fsp3) is 0.538. The number of carbonyl (C=O) groups excluding carboxylic acids is 2. The first-order chi connectivity index (χ1) is 9.06. The number of hydrogen-bond donors (Lipinski definition) is 2. The summed E-state index contributed by atoms with van der Waals surface area (Å²) >= 11 is 1.39. The maximum Gasteiger partial charge on any atom is 0.228 e. The Morgan fingerprint density at radius 3 is 2.79 bits per heavy atom. The monoisotopic (exact) mass is 280 g/mol. The minimum absolute atomic E-state index is 0.0539. The van der Waals surface area contributed by atoms with Crippen LogP contribution >= 0.6 is 11.3 Å². The maximum atomic E-state index is 11.8. The number of carboxylic acid groups (broad SMARTS) is 1. The van der Waals surface area contributed by atoms with E-state index in [0.29, 0.717) is 5.00 Å². The van der Waals surface area contributed by atoms with E-state index in [1.165, 1.54) is 16.2 Å². The number of anilines is 1. The Hall–Kier alpha value is -1.40. The maximum absolute atomic E-state index is 11.8. The summed E-state index contributed by atoms with van der Waals surface area (Å²) in [6.45, 7) is 1.74. The SMILES string of the molecule is C[NH+]1CCc2c(sc(NC(=O)C3CC3)c2C(=O)[O-])C1. The van der Waals surface area contributed by atoms with Crippen LogP contribution in [0, 0.1) is 5.92 Å². The summed E-state index contributed by atoms with van der Waals surface area (Å²) in [5.74, 6) is -1.16. The molecule has 2 N–H and O–H groups in total. The van der Waals surface area contributed by atoms with Gasteiger partial charge in [0.25, 0.3) is 0 Å². The van der Waals surface area contributed by atoms with E-state index in [4.69, 9.17) is 0 Å². The number of thiophene rings is 1. The van der Waals surface area contributed by atoms with Crippen LogP contribution in [0.5, 0.6) is 0 Å². The normalized spacial score (nSPS) is 21.8. The number of nitrogens with one attached hydrogen (secondary N) is 2. The Morgan fingerprint density at radius 2 is 2.16 bits per heavy atom. The van der Waals surface area contributed by atoms with Gasteiger partial charge in [-0.05, 0) is 18.4 Å². The van der Waals surface area contributed by atoms with Gasteiger partial charge in [0.15, 0.2) is 0 Å². The molecule has 19 heavy (non-hydrogen) atoms. The van der Waals surface area contributed by atoms with Gasteiger partial charge in [0.2, 0.25) is 5.91 Å². The Labute approximate surface area is 115 Å². The number of likely N-dealkylation sites (N-methyl/N-ethyl adjacent to an activating group) is 1. The van der Waals surface area contributed by atoms with Crippen LogP contribution in [0.15, 0.2) is 0 Å². The van der Waals surface area contributed by atoms with Crippen LogP contribution in [0.4, 0.5) is 5.00 Å². The number of hydrogen-bond acceptors (Lipinski definition) is 4. The zero-order chi connectivity index (χ0) is 13.6. The minimum atomic E-state index is -1.18. The lowest BCUT2D eigenvalue weighted by atomic mass is 10.0. The van der Waals surface area contributed by atoms with Crippen molar-refractivity contribution in [2.45, 2.75) is 25.8 Å². The molecule has 3 rings (SSSR count). The van der Waals surface area contributed by atoms with Gasteiger partial charge in [-0.15, -0.1) is 11.3 Å². The van der Waals surface area contributed by atoms with Crippen LogP contribution in [0.3, 0.4) is 0 Å². The number of amides is 1. The molecule has 0 radical (unpaired) electrons. The van der Waals surface area contributed by atoms with Crippen molar-refractivity contribution in [1.29, 1.82) is 0 Å². The first-order valence-corrected chi connectivity index (χ1v) is 7.36. The highest BCUT2D eigenvalue weighted by Crippen LogP contribution is 2.36. The predicted octanol–water partition coefficient (Wildman–Crippen LogP) is -0.969. The van der Waals surface area contributed by atoms with Gasteiger partial charge in [-0.2, -0.15) is 0 Å². The smallest absolute Gasteiger partial charge is 0.228 e. The highest BCUT2D eigenvalue weighted by molar-refractivity contribution is 7.16. The molecule has 0 saturated heterocycles. The molecule has 0 aromatic carbocycles. The Kier molecular flexibility index (Phi) is 3.06. The fourth-order valence-electron chi connectivity index (χ4n) is 2.48. The van der Waals surface area contributed by atoms with Gasteiger partial charge in [-0.25, -0.2) is 0 Å². The van der Waals surface area contributed by atoms with Gasteiger partial charge in [0.1, 0.15) is 11.5 Å². The summed E-state index contributed by atoms with van der Waals surface area (Å²) in [7, 11) is 2.09. The van der Waals surface area contributed by atoms with E-state index in [2.05, 4.69) is 12.4 Å². The molecule has 0 spiro atoms. The van der Waals surface area contributed by atoms with Crippen LogP contribution in [0.1, 0.15) is 33.6 Å². The fourth-order valence-corrected chi connectivity index (χ4v) is 3.84. The van der Waals surface area contributed by atoms with E-state index in [9.17, 15) is 14.7 Å². The lowest BCUT2D eigenvalue weighted by Gasteiger charge is -2.20. The van der Waals surface area contributed by atoms with E-state index < -0.39 is 5.97 Å². The van der Waals surface area contributed by atoms with Crippen LogP contribution in [-0.4, -0.2) is 25.5 Å². The van der Waals surface area contributed by atoms with Crippen LogP contribution in [0.25, 0.3) is 0 Å². The molecule has 0 bridgehead atoms.